The molecule has 0 spiro atoms. The second-order valence-electron chi connectivity index (χ2n) is 5.30. The number of hydrogen-bond donors (Lipinski definition) is 1. The number of nitriles is 1. The zero-order valence-electron chi connectivity index (χ0n) is 12.0. The van der Waals surface area contributed by atoms with Crippen LogP contribution in [0.1, 0.15) is 33.6 Å². The van der Waals surface area contributed by atoms with Crippen molar-refractivity contribution >= 4 is 0 Å². The fourth-order valence-corrected chi connectivity index (χ4v) is 2.03. The van der Waals surface area contributed by atoms with E-state index < -0.39 is 17.2 Å². The van der Waals surface area contributed by atoms with Crippen molar-refractivity contribution in [3.05, 3.63) is 29.8 Å². The van der Waals surface area contributed by atoms with Crippen LogP contribution in [0, 0.1) is 23.0 Å². The summed E-state index contributed by atoms with van der Waals surface area (Å²) in [5.74, 6) is -1.16. The number of ether oxygens (including phenoxy) is 1. The Morgan fingerprint density at radius 3 is 2.40 bits per heavy atom. The molecule has 0 fully saturated rings. The van der Waals surface area contributed by atoms with Crippen molar-refractivity contribution in [2.24, 2.45) is 0 Å². The Balaban J connectivity index is 2.43. The maximum absolute atomic E-state index is 13.0. The molecule has 1 rings (SSSR count). The van der Waals surface area contributed by atoms with E-state index in [2.05, 4.69) is 11.4 Å². The van der Waals surface area contributed by atoms with Gasteiger partial charge in [0.05, 0.1) is 12.7 Å². The Hall–Kier alpha value is -1.67. The predicted molar refractivity (Wildman–Crippen MR) is 73.4 cm³/mol. The number of nitrogens with one attached hydrogen (secondary N) is 1. The monoisotopic (exact) mass is 282 g/mol. The van der Waals surface area contributed by atoms with Crippen LogP contribution in [0.5, 0.6) is 5.75 Å². The van der Waals surface area contributed by atoms with Gasteiger partial charge in [-0.05, 0) is 33.6 Å². The van der Waals surface area contributed by atoms with Crippen molar-refractivity contribution in [1.82, 2.24) is 5.32 Å². The Morgan fingerprint density at radius 1 is 1.30 bits per heavy atom. The molecule has 0 radical (unpaired) electrons. The van der Waals surface area contributed by atoms with Crippen molar-refractivity contribution in [2.45, 2.75) is 45.2 Å². The first-order chi connectivity index (χ1) is 9.34. The summed E-state index contributed by atoms with van der Waals surface area (Å²) in [6, 6.07) is 5.52. The third kappa shape index (κ3) is 5.54. The van der Waals surface area contributed by atoms with Gasteiger partial charge >= 0.3 is 0 Å². The summed E-state index contributed by atoms with van der Waals surface area (Å²) in [5, 5.41) is 12.4. The molecule has 0 aliphatic rings. The van der Waals surface area contributed by atoms with Crippen LogP contribution in [0.2, 0.25) is 0 Å². The van der Waals surface area contributed by atoms with Crippen LogP contribution >= 0.6 is 0 Å². The summed E-state index contributed by atoms with van der Waals surface area (Å²) < 4.78 is 31.2. The molecule has 0 aromatic heterocycles. The summed E-state index contributed by atoms with van der Waals surface area (Å²) in [7, 11) is 0. The fraction of sp³-hybridized carbons (Fsp3) is 0.533. The second kappa shape index (κ2) is 7.20. The molecule has 0 saturated carbocycles. The molecule has 1 N–H and O–H groups in total. The van der Waals surface area contributed by atoms with Crippen molar-refractivity contribution < 1.29 is 13.5 Å². The first-order valence-corrected chi connectivity index (χ1v) is 6.62. The molecule has 5 heteroatoms. The highest BCUT2D eigenvalue weighted by atomic mass is 19.1. The summed E-state index contributed by atoms with van der Waals surface area (Å²) >= 11 is 0. The number of benzene rings is 1. The van der Waals surface area contributed by atoms with Crippen molar-refractivity contribution in [1.29, 1.82) is 5.26 Å². The minimum atomic E-state index is -0.664. The zero-order chi connectivity index (χ0) is 15.2. The van der Waals surface area contributed by atoms with Gasteiger partial charge in [-0.2, -0.15) is 5.26 Å². The second-order valence-corrected chi connectivity index (χ2v) is 5.30. The van der Waals surface area contributed by atoms with Crippen LogP contribution in [0.15, 0.2) is 18.2 Å². The molecule has 0 aliphatic carbocycles. The Bertz CT molecular complexity index is 465. The molecule has 0 saturated heterocycles. The van der Waals surface area contributed by atoms with E-state index in [-0.39, 0.29) is 11.8 Å². The molecule has 110 valence electrons. The molecule has 0 aliphatic heterocycles. The summed E-state index contributed by atoms with van der Waals surface area (Å²) in [4.78, 5) is 0. The maximum atomic E-state index is 13.0. The van der Waals surface area contributed by atoms with Gasteiger partial charge in [0.25, 0.3) is 0 Å². The summed E-state index contributed by atoms with van der Waals surface area (Å²) in [6.45, 7) is 6.08. The topological polar surface area (TPSA) is 45.0 Å². The zero-order valence-corrected chi connectivity index (χ0v) is 12.0. The Kier molecular flexibility index (Phi) is 5.90. The average Bonchev–Trinajstić information content (AvgIpc) is 2.33. The van der Waals surface area contributed by atoms with Gasteiger partial charge in [0, 0.05) is 24.2 Å². The van der Waals surface area contributed by atoms with Gasteiger partial charge in [-0.15, -0.1) is 0 Å². The molecular formula is C15H20F2N2O. The predicted octanol–water partition coefficient (Wildman–Crippen LogP) is 3.40. The van der Waals surface area contributed by atoms with Crippen LogP contribution in [0.3, 0.4) is 0 Å². The molecule has 1 atom stereocenters. The van der Waals surface area contributed by atoms with Crippen LogP contribution in [-0.2, 0) is 0 Å². The third-order valence-corrected chi connectivity index (χ3v) is 2.78. The molecule has 20 heavy (non-hydrogen) atoms. The van der Waals surface area contributed by atoms with Crippen LogP contribution in [-0.4, -0.2) is 18.2 Å². The lowest BCUT2D eigenvalue weighted by atomic mass is 9.97. The van der Waals surface area contributed by atoms with Gasteiger partial charge in [0.2, 0.25) is 0 Å². The smallest absolute Gasteiger partial charge is 0.129 e. The average molecular weight is 282 g/mol. The molecule has 0 bridgehead atoms. The van der Waals surface area contributed by atoms with E-state index in [1.54, 1.807) is 0 Å². The molecular weight excluding hydrogens is 262 g/mol. The van der Waals surface area contributed by atoms with E-state index in [1.807, 2.05) is 20.8 Å². The lowest BCUT2D eigenvalue weighted by Gasteiger charge is -2.25. The van der Waals surface area contributed by atoms with E-state index in [1.165, 1.54) is 0 Å². The Morgan fingerprint density at radius 2 is 1.90 bits per heavy atom. The number of nitrogens with zero attached hydrogens (tertiary/aromatic N) is 1. The molecule has 1 aromatic rings. The van der Waals surface area contributed by atoms with Crippen LogP contribution in [0.25, 0.3) is 0 Å². The number of halogens is 2. The van der Waals surface area contributed by atoms with Gasteiger partial charge in [-0.25, -0.2) is 8.78 Å². The standard InChI is InChI=1S/C15H20F2N2O/c1-11(2)19-15(3,10-18)5-4-6-20-14-8-12(16)7-13(17)9-14/h7-9,11,19H,4-6H2,1-3H3. The van der Waals surface area contributed by atoms with Gasteiger partial charge in [-0.1, -0.05) is 0 Å². The van der Waals surface area contributed by atoms with Gasteiger partial charge in [0.1, 0.15) is 22.9 Å². The summed E-state index contributed by atoms with van der Waals surface area (Å²) in [5.41, 5.74) is -0.620. The Labute approximate surface area is 118 Å². The highest BCUT2D eigenvalue weighted by Gasteiger charge is 2.23. The maximum Gasteiger partial charge on any atom is 0.129 e. The lowest BCUT2D eigenvalue weighted by molar-refractivity contribution is 0.278. The largest absolute Gasteiger partial charge is 0.493 e. The van der Waals surface area contributed by atoms with E-state index in [0.29, 0.717) is 19.4 Å². The normalized spacial score (nSPS) is 13.8. The van der Waals surface area contributed by atoms with Crippen LogP contribution in [0.4, 0.5) is 8.78 Å². The van der Waals surface area contributed by atoms with Crippen molar-refractivity contribution in [2.75, 3.05) is 6.61 Å². The number of hydrogen-bond acceptors (Lipinski definition) is 3. The SMILES string of the molecule is CC(C)NC(C)(C#N)CCCOc1cc(F)cc(F)c1. The fourth-order valence-electron chi connectivity index (χ4n) is 2.03. The minimum absolute atomic E-state index is 0.165. The molecule has 1 aromatic carbocycles. The molecule has 0 heterocycles. The number of rotatable bonds is 7. The quantitative estimate of drug-likeness (QED) is 0.780. The van der Waals surface area contributed by atoms with Gasteiger partial charge in [0.15, 0.2) is 0 Å². The van der Waals surface area contributed by atoms with E-state index >= 15 is 0 Å². The first-order valence-electron chi connectivity index (χ1n) is 6.62. The third-order valence-electron chi connectivity index (χ3n) is 2.78. The molecule has 1 unspecified atom stereocenters. The molecule has 0 amide bonds. The minimum Gasteiger partial charge on any atom is -0.493 e. The van der Waals surface area contributed by atoms with Crippen LogP contribution < -0.4 is 10.1 Å². The van der Waals surface area contributed by atoms with Crippen molar-refractivity contribution in [3.63, 3.8) is 0 Å². The van der Waals surface area contributed by atoms with Crippen molar-refractivity contribution in [3.8, 4) is 11.8 Å². The highest BCUT2D eigenvalue weighted by molar-refractivity contribution is 5.23. The van der Waals surface area contributed by atoms with E-state index in [4.69, 9.17) is 4.74 Å². The van der Waals surface area contributed by atoms with Gasteiger partial charge < -0.3 is 4.74 Å². The first kappa shape index (κ1) is 16.4. The lowest BCUT2D eigenvalue weighted by Crippen LogP contribution is -2.45. The van der Waals surface area contributed by atoms with E-state index in [0.717, 1.165) is 18.2 Å². The molecule has 3 nitrogen and oxygen atoms in total. The van der Waals surface area contributed by atoms with Gasteiger partial charge in [-0.3, -0.25) is 5.32 Å². The van der Waals surface area contributed by atoms with E-state index in [9.17, 15) is 14.0 Å². The highest BCUT2D eigenvalue weighted by Crippen LogP contribution is 2.17. The summed E-state index contributed by atoms with van der Waals surface area (Å²) in [6.07, 6.45) is 1.21.